The minimum absolute atomic E-state index is 0.219. The maximum atomic E-state index is 13.3. The van der Waals surface area contributed by atoms with Gasteiger partial charge in [0.1, 0.15) is 5.75 Å². The summed E-state index contributed by atoms with van der Waals surface area (Å²) < 4.78 is 56.3. The van der Waals surface area contributed by atoms with Gasteiger partial charge in [-0.1, -0.05) is 12.1 Å². The predicted molar refractivity (Wildman–Crippen MR) is 159 cm³/mol. The smallest absolute Gasteiger partial charge is 0.340 e. The van der Waals surface area contributed by atoms with Crippen LogP contribution in [0.5, 0.6) is 5.75 Å². The van der Waals surface area contributed by atoms with Crippen LogP contribution in [0.4, 0.5) is 29.2 Å². The number of piperazine rings is 1. The third-order valence-corrected chi connectivity index (χ3v) is 7.66. The number of benzene rings is 2. The van der Waals surface area contributed by atoms with E-state index in [1.165, 1.54) is 23.8 Å². The molecule has 0 saturated carbocycles. The van der Waals surface area contributed by atoms with Gasteiger partial charge in [-0.05, 0) is 66.6 Å². The van der Waals surface area contributed by atoms with Gasteiger partial charge in [-0.3, -0.25) is 9.69 Å². The number of alkyl halides is 4. The SMILES string of the molecule is [C-]#[N+]c1ccc2[nH]cc(CCCCN3CCN(c4ncc(-c5ccc(OCC(F)(F)C(F)F)c(C(N)=O)c5)cn4)CC3)c2c1. The topological polar surface area (TPSA) is 105 Å². The Hall–Kier alpha value is -4.70. The van der Waals surface area contributed by atoms with Gasteiger partial charge in [-0.2, -0.15) is 8.78 Å². The number of aromatic nitrogens is 3. The monoisotopic (exact) mass is 609 g/mol. The lowest BCUT2D eigenvalue weighted by atomic mass is 10.0. The van der Waals surface area contributed by atoms with Crippen LogP contribution in [0.25, 0.3) is 26.9 Å². The number of nitrogens with two attached hydrogens (primary N) is 1. The number of aryl methyl sites for hydroxylation is 1. The van der Waals surface area contributed by atoms with E-state index < -0.39 is 24.9 Å². The second kappa shape index (κ2) is 13.3. The van der Waals surface area contributed by atoms with E-state index in [-0.39, 0.29) is 11.3 Å². The van der Waals surface area contributed by atoms with Crippen LogP contribution in [0.15, 0.2) is 55.0 Å². The first-order chi connectivity index (χ1) is 21.1. The normalized spacial score (nSPS) is 14.2. The molecule has 2 aromatic carbocycles. The van der Waals surface area contributed by atoms with Crippen LogP contribution in [0.3, 0.4) is 0 Å². The molecule has 0 bridgehead atoms. The number of aromatic amines is 1. The number of hydrogen-bond donors (Lipinski definition) is 2. The maximum Gasteiger partial charge on any atom is 0.340 e. The number of anilines is 1. The fourth-order valence-electron chi connectivity index (χ4n) is 5.16. The molecule has 0 unspecified atom stereocenters. The van der Waals surface area contributed by atoms with E-state index in [1.54, 1.807) is 12.4 Å². The van der Waals surface area contributed by atoms with Crippen molar-refractivity contribution in [3.63, 3.8) is 0 Å². The molecule has 1 aliphatic heterocycles. The number of ether oxygens (including phenoxy) is 1. The molecule has 1 fully saturated rings. The van der Waals surface area contributed by atoms with Crippen molar-refractivity contribution in [3.8, 4) is 16.9 Å². The Balaban J connectivity index is 1.11. The van der Waals surface area contributed by atoms with Crippen molar-refractivity contribution in [1.29, 1.82) is 0 Å². The van der Waals surface area contributed by atoms with Crippen LogP contribution in [-0.4, -0.2) is 77.4 Å². The summed E-state index contributed by atoms with van der Waals surface area (Å²) in [7, 11) is 0. The number of H-pyrrole nitrogens is 1. The van der Waals surface area contributed by atoms with Crippen LogP contribution in [0.2, 0.25) is 0 Å². The first kappa shape index (κ1) is 30.7. The van der Waals surface area contributed by atoms with E-state index in [0.29, 0.717) is 22.8 Å². The Labute approximate surface area is 251 Å². The number of carbonyl (C=O) groups excluding carboxylic acids is 1. The summed E-state index contributed by atoms with van der Waals surface area (Å²) in [6.07, 6.45) is 4.37. The number of halogens is 4. The zero-order valence-electron chi connectivity index (χ0n) is 23.8. The molecule has 9 nitrogen and oxygen atoms in total. The van der Waals surface area contributed by atoms with Crippen LogP contribution in [0, 0.1) is 6.57 Å². The van der Waals surface area contributed by atoms with Crippen molar-refractivity contribution >= 4 is 28.4 Å². The summed E-state index contributed by atoms with van der Waals surface area (Å²) in [4.78, 5) is 32.2. The molecule has 4 aromatic rings. The molecule has 44 heavy (non-hydrogen) atoms. The van der Waals surface area contributed by atoms with Gasteiger partial charge in [0.25, 0.3) is 5.91 Å². The number of nitrogens with one attached hydrogen (secondary N) is 1. The average molecular weight is 610 g/mol. The lowest BCUT2D eigenvalue weighted by Gasteiger charge is -2.34. The van der Waals surface area contributed by atoms with E-state index in [0.717, 1.165) is 62.9 Å². The van der Waals surface area contributed by atoms with Gasteiger partial charge in [0.2, 0.25) is 5.95 Å². The number of amides is 1. The van der Waals surface area contributed by atoms with Crippen LogP contribution >= 0.6 is 0 Å². The molecule has 3 heterocycles. The fraction of sp³-hybridized carbons (Fsp3) is 0.355. The lowest BCUT2D eigenvalue weighted by molar-refractivity contribution is -0.148. The number of unbranched alkanes of at least 4 members (excludes halogenated alkanes) is 1. The van der Waals surface area contributed by atoms with Crippen LogP contribution < -0.4 is 15.4 Å². The first-order valence-corrected chi connectivity index (χ1v) is 14.1. The minimum Gasteiger partial charge on any atom is -0.486 e. The summed E-state index contributed by atoms with van der Waals surface area (Å²) >= 11 is 0. The molecular weight excluding hydrogens is 578 g/mol. The molecule has 1 aliphatic rings. The standard InChI is InChI=1S/C31H31F4N7O2/c1-37-23-6-7-26-24(15-23)21(16-38-26)4-2-3-9-41-10-12-42(13-11-41)30-39-17-22(18-40-30)20-5-8-27(25(14-20)28(36)43)44-19-31(34,35)29(32)33/h5-8,14-18,29,38H,2-4,9-13,19H2,(H2,36,43). The van der Waals surface area contributed by atoms with Gasteiger partial charge >= 0.3 is 12.3 Å². The van der Waals surface area contributed by atoms with E-state index in [2.05, 4.69) is 29.6 Å². The van der Waals surface area contributed by atoms with Gasteiger partial charge in [0.15, 0.2) is 12.3 Å². The zero-order chi connectivity index (χ0) is 31.3. The Kier molecular flexibility index (Phi) is 9.29. The molecular formula is C31H31F4N7O2. The number of primary amides is 1. The first-order valence-electron chi connectivity index (χ1n) is 14.1. The number of nitrogens with zero attached hydrogens (tertiary/aromatic N) is 5. The second-order valence-corrected chi connectivity index (χ2v) is 10.6. The van der Waals surface area contributed by atoms with E-state index in [9.17, 15) is 22.4 Å². The molecule has 1 saturated heterocycles. The van der Waals surface area contributed by atoms with Gasteiger partial charge in [-0.25, -0.2) is 23.6 Å². The van der Waals surface area contributed by atoms with E-state index >= 15 is 0 Å². The Bertz CT molecular complexity index is 1650. The highest BCUT2D eigenvalue weighted by molar-refractivity contribution is 5.97. The molecule has 3 N–H and O–H groups in total. The third kappa shape index (κ3) is 7.08. The highest BCUT2D eigenvalue weighted by atomic mass is 19.3. The van der Waals surface area contributed by atoms with Gasteiger partial charge in [0, 0.05) is 55.8 Å². The van der Waals surface area contributed by atoms with Crippen molar-refractivity contribution < 1.29 is 27.1 Å². The summed E-state index contributed by atoms with van der Waals surface area (Å²) in [6, 6.07) is 9.77. The van der Waals surface area contributed by atoms with Crippen LogP contribution in [0.1, 0.15) is 28.8 Å². The van der Waals surface area contributed by atoms with Gasteiger partial charge < -0.3 is 20.4 Å². The lowest BCUT2D eigenvalue weighted by Crippen LogP contribution is -2.47. The minimum atomic E-state index is -4.37. The highest BCUT2D eigenvalue weighted by Gasteiger charge is 2.42. The molecule has 230 valence electrons. The van der Waals surface area contributed by atoms with E-state index in [4.69, 9.17) is 17.0 Å². The van der Waals surface area contributed by atoms with Crippen molar-refractivity contribution in [3.05, 3.63) is 77.5 Å². The molecule has 5 rings (SSSR count). The Morgan fingerprint density at radius 1 is 1.07 bits per heavy atom. The van der Waals surface area contributed by atoms with Crippen molar-refractivity contribution in [1.82, 2.24) is 19.9 Å². The number of fused-ring (bicyclic) bond motifs is 1. The molecule has 0 spiro atoms. The summed E-state index contributed by atoms with van der Waals surface area (Å²) in [6.45, 7) is 9.93. The maximum absolute atomic E-state index is 13.3. The zero-order valence-corrected chi connectivity index (χ0v) is 23.8. The average Bonchev–Trinajstić information content (AvgIpc) is 3.44. The number of carbonyl (C=O) groups is 1. The van der Waals surface area contributed by atoms with E-state index in [1.807, 2.05) is 24.4 Å². The summed E-state index contributed by atoms with van der Waals surface area (Å²) in [5, 5.41) is 1.12. The van der Waals surface area contributed by atoms with Gasteiger partial charge in [0.05, 0.1) is 12.1 Å². The van der Waals surface area contributed by atoms with Gasteiger partial charge in [-0.15, -0.1) is 0 Å². The fourth-order valence-corrected chi connectivity index (χ4v) is 5.16. The third-order valence-electron chi connectivity index (χ3n) is 7.66. The Morgan fingerprint density at radius 3 is 2.50 bits per heavy atom. The Morgan fingerprint density at radius 2 is 1.82 bits per heavy atom. The summed E-state index contributed by atoms with van der Waals surface area (Å²) in [5.74, 6) is -5.07. The number of rotatable bonds is 12. The molecule has 0 radical (unpaired) electrons. The molecule has 2 aromatic heterocycles. The second-order valence-electron chi connectivity index (χ2n) is 10.6. The largest absolute Gasteiger partial charge is 0.486 e. The molecule has 0 atom stereocenters. The molecule has 1 amide bonds. The quantitative estimate of drug-likeness (QED) is 0.121. The van der Waals surface area contributed by atoms with Crippen molar-refractivity contribution in [2.45, 2.75) is 31.6 Å². The summed E-state index contributed by atoms with van der Waals surface area (Å²) in [5.41, 5.74) is 9.14. The molecule has 13 heteroatoms. The highest BCUT2D eigenvalue weighted by Crippen LogP contribution is 2.30. The molecule has 0 aliphatic carbocycles. The van der Waals surface area contributed by atoms with Crippen molar-refractivity contribution in [2.75, 3.05) is 44.2 Å². The van der Waals surface area contributed by atoms with Crippen LogP contribution in [-0.2, 0) is 6.42 Å². The van der Waals surface area contributed by atoms with Crippen molar-refractivity contribution in [2.24, 2.45) is 5.73 Å². The predicted octanol–water partition coefficient (Wildman–Crippen LogP) is 5.70. The number of hydrogen-bond acceptors (Lipinski definition) is 6.